The average molecular weight is 441 g/mol. The molecule has 1 fully saturated rings. The van der Waals surface area contributed by atoms with E-state index in [0.717, 1.165) is 35.5 Å². The van der Waals surface area contributed by atoms with Gasteiger partial charge in [0.15, 0.2) is 0 Å². The van der Waals surface area contributed by atoms with Crippen molar-refractivity contribution in [2.45, 2.75) is 44.7 Å². The fourth-order valence-electron chi connectivity index (χ4n) is 3.96. The molecule has 2 heterocycles. The Morgan fingerprint density at radius 1 is 1.13 bits per heavy atom. The van der Waals surface area contributed by atoms with Crippen molar-refractivity contribution in [3.8, 4) is 17.1 Å². The molecule has 1 N–H and O–H groups in total. The average Bonchev–Trinajstić information content (AvgIpc) is 3.47. The normalized spacial score (nSPS) is 14.7. The molecule has 8 heteroatoms. The standard InChI is InChI=1S/C23H28N4O3S/c1-30-21-11-9-18(10-12-21)13-15-31(28,29)25-17-19-16-23(22-8-4-5-14-24-22)27(26-19)20-6-2-3-7-20/h4-5,8-12,14,16,20,25H,2-3,6-7,13,15,17H2,1H3. The van der Waals surface area contributed by atoms with Crippen LogP contribution in [0.25, 0.3) is 11.4 Å². The number of sulfonamides is 1. The molecule has 0 aliphatic heterocycles. The zero-order valence-electron chi connectivity index (χ0n) is 17.7. The first-order valence-electron chi connectivity index (χ1n) is 10.6. The minimum Gasteiger partial charge on any atom is -0.497 e. The van der Waals surface area contributed by atoms with Crippen LogP contribution in [0, 0.1) is 0 Å². The quantitative estimate of drug-likeness (QED) is 0.548. The molecule has 0 unspecified atom stereocenters. The number of hydrogen-bond donors (Lipinski definition) is 1. The summed E-state index contributed by atoms with van der Waals surface area (Å²) in [5.74, 6) is 0.779. The zero-order chi connectivity index (χ0) is 21.7. The number of rotatable bonds is 9. The second-order valence-corrected chi connectivity index (χ2v) is 9.78. The predicted molar refractivity (Wildman–Crippen MR) is 120 cm³/mol. The molecule has 164 valence electrons. The summed E-state index contributed by atoms with van der Waals surface area (Å²) in [4.78, 5) is 4.47. The smallest absolute Gasteiger partial charge is 0.212 e. The van der Waals surface area contributed by atoms with Crippen LogP contribution in [0.2, 0.25) is 0 Å². The third-order valence-corrected chi connectivity index (χ3v) is 7.00. The lowest BCUT2D eigenvalue weighted by Gasteiger charge is -2.13. The van der Waals surface area contributed by atoms with Crippen LogP contribution in [0.3, 0.4) is 0 Å². The molecular formula is C23H28N4O3S. The fraction of sp³-hybridized carbons (Fsp3) is 0.391. The summed E-state index contributed by atoms with van der Waals surface area (Å²) in [6, 6.07) is 15.5. The van der Waals surface area contributed by atoms with Crippen molar-refractivity contribution in [1.82, 2.24) is 19.5 Å². The van der Waals surface area contributed by atoms with Gasteiger partial charge in [-0.3, -0.25) is 9.67 Å². The maximum Gasteiger partial charge on any atom is 0.212 e. The van der Waals surface area contributed by atoms with E-state index in [4.69, 9.17) is 9.84 Å². The molecule has 0 amide bonds. The van der Waals surface area contributed by atoms with E-state index in [2.05, 4.69) is 9.71 Å². The summed E-state index contributed by atoms with van der Waals surface area (Å²) in [5, 5.41) is 4.74. The van der Waals surface area contributed by atoms with Gasteiger partial charge < -0.3 is 4.74 Å². The van der Waals surface area contributed by atoms with Crippen molar-refractivity contribution >= 4 is 10.0 Å². The first-order valence-corrected chi connectivity index (χ1v) is 12.3. The van der Waals surface area contributed by atoms with E-state index in [9.17, 15) is 8.42 Å². The number of methoxy groups -OCH3 is 1. The summed E-state index contributed by atoms with van der Waals surface area (Å²) < 4.78 is 34.9. The molecule has 31 heavy (non-hydrogen) atoms. The number of nitrogens with one attached hydrogen (secondary N) is 1. The van der Waals surface area contributed by atoms with Gasteiger partial charge in [-0.1, -0.05) is 31.0 Å². The maximum atomic E-state index is 12.5. The largest absolute Gasteiger partial charge is 0.497 e. The third kappa shape index (κ3) is 5.51. The topological polar surface area (TPSA) is 86.1 Å². The van der Waals surface area contributed by atoms with Crippen LogP contribution in [0.4, 0.5) is 0 Å². The molecule has 3 aromatic rings. The lowest BCUT2D eigenvalue weighted by atomic mass is 10.2. The van der Waals surface area contributed by atoms with Crippen LogP contribution in [0.5, 0.6) is 5.75 Å². The predicted octanol–water partition coefficient (Wildman–Crippen LogP) is 3.73. The fourth-order valence-corrected chi connectivity index (χ4v) is 4.98. The van der Waals surface area contributed by atoms with Gasteiger partial charge in [0.1, 0.15) is 5.75 Å². The molecular weight excluding hydrogens is 412 g/mol. The van der Waals surface area contributed by atoms with Crippen LogP contribution in [0.1, 0.15) is 43.0 Å². The first-order chi connectivity index (χ1) is 15.0. The molecule has 1 aromatic carbocycles. The maximum absolute atomic E-state index is 12.5. The second-order valence-electron chi connectivity index (χ2n) is 7.86. The summed E-state index contributed by atoms with van der Waals surface area (Å²) in [6.07, 6.45) is 6.78. The van der Waals surface area contributed by atoms with Gasteiger partial charge in [0.05, 0.1) is 42.5 Å². The molecule has 4 rings (SSSR count). The van der Waals surface area contributed by atoms with Crippen molar-refractivity contribution in [1.29, 1.82) is 0 Å². The summed E-state index contributed by atoms with van der Waals surface area (Å²) in [6.45, 7) is 0.171. The number of benzene rings is 1. The summed E-state index contributed by atoms with van der Waals surface area (Å²) >= 11 is 0. The van der Waals surface area contributed by atoms with Gasteiger partial charge in [-0.25, -0.2) is 13.1 Å². The van der Waals surface area contributed by atoms with E-state index in [-0.39, 0.29) is 12.3 Å². The number of aryl methyl sites for hydroxylation is 1. The highest BCUT2D eigenvalue weighted by Gasteiger charge is 2.23. The van der Waals surface area contributed by atoms with Crippen LogP contribution in [0.15, 0.2) is 54.7 Å². The molecule has 2 aromatic heterocycles. The molecule has 7 nitrogen and oxygen atoms in total. The Bertz CT molecular complexity index is 1090. The van der Waals surface area contributed by atoms with Crippen LogP contribution in [-0.2, 0) is 23.0 Å². The van der Waals surface area contributed by atoms with Crippen molar-refractivity contribution < 1.29 is 13.2 Å². The number of ether oxygens (including phenoxy) is 1. The molecule has 1 saturated carbocycles. The number of pyridine rings is 1. The van der Waals surface area contributed by atoms with Gasteiger partial charge in [-0.05, 0) is 55.2 Å². The monoisotopic (exact) mass is 440 g/mol. The highest BCUT2D eigenvalue weighted by Crippen LogP contribution is 2.33. The Morgan fingerprint density at radius 3 is 2.58 bits per heavy atom. The van der Waals surface area contributed by atoms with E-state index < -0.39 is 10.0 Å². The van der Waals surface area contributed by atoms with Gasteiger partial charge in [0.2, 0.25) is 10.0 Å². The number of aromatic nitrogens is 3. The molecule has 0 atom stereocenters. The van der Waals surface area contributed by atoms with E-state index in [1.807, 2.05) is 53.2 Å². The third-order valence-electron chi connectivity index (χ3n) is 5.68. The van der Waals surface area contributed by atoms with Gasteiger partial charge >= 0.3 is 0 Å². The van der Waals surface area contributed by atoms with Gasteiger partial charge in [-0.15, -0.1) is 0 Å². The molecule has 0 saturated heterocycles. The minimum atomic E-state index is -3.43. The Balaban J connectivity index is 1.43. The van der Waals surface area contributed by atoms with Crippen LogP contribution >= 0.6 is 0 Å². The summed E-state index contributed by atoms with van der Waals surface area (Å²) in [7, 11) is -1.82. The summed E-state index contributed by atoms with van der Waals surface area (Å²) in [5.41, 5.74) is 3.46. The first kappa shape index (κ1) is 21.5. The number of hydrogen-bond acceptors (Lipinski definition) is 5. The Labute approximate surface area is 183 Å². The Hall–Kier alpha value is -2.71. The van der Waals surface area contributed by atoms with Crippen molar-refractivity contribution in [3.05, 3.63) is 66.0 Å². The molecule has 1 aliphatic rings. The highest BCUT2D eigenvalue weighted by molar-refractivity contribution is 7.89. The minimum absolute atomic E-state index is 0.0236. The van der Waals surface area contributed by atoms with Crippen LogP contribution < -0.4 is 9.46 Å². The second kappa shape index (κ2) is 9.62. The van der Waals surface area contributed by atoms with E-state index >= 15 is 0 Å². The van der Waals surface area contributed by atoms with Crippen molar-refractivity contribution in [3.63, 3.8) is 0 Å². The molecule has 1 aliphatic carbocycles. The van der Waals surface area contributed by atoms with E-state index in [1.165, 1.54) is 12.8 Å². The SMILES string of the molecule is COc1ccc(CCS(=O)(=O)NCc2cc(-c3ccccn3)n(C3CCCC3)n2)cc1. The Morgan fingerprint density at radius 2 is 1.90 bits per heavy atom. The molecule has 0 spiro atoms. The molecule has 0 radical (unpaired) electrons. The van der Waals surface area contributed by atoms with Gasteiger partial charge in [0.25, 0.3) is 0 Å². The van der Waals surface area contributed by atoms with Crippen molar-refractivity contribution in [2.24, 2.45) is 0 Å². The van der Waals surface area contributed by atoms with E-state index in [0.29, 0.717) is 18.2 Å². The van der Waals surface area contributed by atoms with Gasteiger partial charge in [-0.2, -0.15) is 5.10 Å². The lowest BCUT2D eigenvalue weighted by Crippen LogP contribution is -2.27. The molecule has 0 bridgehead atoms. The zero-order valence-corrected chi connectivity index (χ0v) is 18.5. The van der Waals surface area contributed by atoms with E-state index in [1.54, 1.807) is 13.3 Å². The van der Waals surface area contributed by atoms with Crippen molar-refractivity contribution in [2.75, 3.05) is 12.9 Å². The number of nitrogens with zero attached hydrogens (tertiary/aromatic N) is 3. The lowest BCUT2D eigenvalue weighted by molar-refractivity contribution is 0.414. The highest BCUT2D eigenvalue weighted by atomic mass is 32.2. The Kier molecular flexibility index (Phi) is 6.67. The van der Waals surface area contributed by atoms with Crippen LogP contribution in [-0.4, -0.2) is 36.0 Å². The van der Waals surface area contributed by atoms with Gasteiger partial charge in [0, 0.05) is 6.20 Å².